The highest BCUT2D eigenvalue weighted by atomic mass is 32.1. The van der Waals surface area contributed by atoms with E-state index in [0.717, 1.165) is 49.7 Å². The van der Waals surface area contributed by atoms with Crippen molar-refractivity contribution in [1.82, 2.24) is 20.2 Å². The quantitative estimate of drug-likeness (QED) is 0.618. The highest BCUT2D eigenvalue weighted by Gasteiger charge is 2.36. The molecule has 1 atom stereocenters. The molecule has 2 aliphatic heterocycles. The van der Waals surface area contributed by atoms with Crippen molar-refractivity contribution in [2.75, 3.05) is 33.2 Å². The molecule has 24 heavy (non-hydrogen) atoms. The molecule has 1 unspecified atom stereocenters. The maximum atomic E-state index is 5.51. The number of nitrogens with one attached hydrogen (secondary N) is 1. The molecule has 7 heteroatoms. The summed E-state index contributed by atoms with van der Waals surface area (Å²) in [6.07, 6.45) is 6.69. The van der Waals surface area contributed by atoms with Crippen LogP contribution in [0.2, 0.25) is 0 Å². The second kappa shape index (κ2) is 6.41. The number of fused-ring (bicyclic) bond motifs is 3. The molecule has 1 fully saturated rings. The van der Waals surface area contributed by atoms with E-state index in [1.807, 2.05) is 12.3 Å². The summed E-state index contributed by atoms with van der Waals surface area (Å²) in [7, 11) is 2.13. The van der Waals surface area contributed by atoms with Crippen LogP contribution in [0.5, 0.6) is 0 Å². The van der Waals surface area contributed by atoms with E-state index >= 15 is 0 Å². The highest BCUT2D eigenvalue weighted by Crippen LogP contribution is 2.34. The topological polar surface area (TPSA) is 56.1 Å². The monoisotopic (exact) mass is 340 g/mol. The summed E-state index contributed by atoms with van der Waals surface area (Å²) in [5.41, 5.74) is 6.98. The molecule has 1 N–H and O–H groups in total. The lowest BCUT2D eigenvalue weighted by atomic mass is 9.96. The van der Waals surface area contributed by atoms with Gasteiger partial charge in [-0.1, -0.05) is 12.1 Å². The van der Waals surface area contributed by atoms with Gasteiger partial charge < -0.3 is 9.80 Å². The normalized spacial score (nSPS) is 24.5. The van der Waals surface area contributed by atoms with Gasteiger partial charge in [0, 0.05) is 44.5 Å². The molecule has 3 heterocycles. The van der Waals surface area contributed by atoms with E-state index in [1.54, 1.807) is 6.20 Å². The second-order valence-electron chi connectivity index (χ2n) is 6.30. The van der Waals surface area contributed by atoms with Crippen LogP contribution in [0.3, 0.4) is 0 Å². The predicted molar refractivity (Wildman–Crippen MR) is 99.5 cm³/mol. The Bertz CT molecular complexity index is 745. The molecular formula is C17H20N6S. The van der Waals surface area contributed by atoms with Crippen LogP contribution in [0, 0.1) is 0 Å². The summed E-state index contributed by atoms with van der Waals surface area (Å²) >= 11 is 5.51. The Morgan fingerprint density at radius 2 is 2.17 bits per heavy atom. The highest BCUT2D eigenvalue weighted by molar-refractivity contribution is 7.80. The number of allylic oxidation sites excluding steroid dienone is 1. The molecule has 0 aromatic carbocycles. The molecule has 3 aliphatic rings. The van der Waals surface area contributed by atoms with Gasteiger partial charge in [-0.25, -0.2) is 0 Å². The molecule has 6 nitrogen and oxygen atoms in total. The van der Waals surface area contributed by atoms with E-state index in [0.29, 0.717) is 5.11 Å². The number of nitrogens with zero attached hydrogens (tertiary/aromatic N) is 5. The Kier molecular flexibility index (Phi) is 4.12. The standard InChI is InChI=1S/C17H20N6S/c1-22-8-10-23(11-9-22)17(24)21-20-16-14-12(4-2-6-18-14)13-5-3-7-19-15(13)16/h2-4,6-7,13H,5,8-11H2,1H3,(H,21,24)/b20-16+. The number of aliphatic imine (C=N–C) groups is 1. The van der Waals surface area contributed by atoms with Gasteiger partial charge in [-0.15, -0.1) is 0 Å². The molecule has 1 aromatic rings. The van der Waals surface area contributed by atoms with Crippen LogP contribution in [-0.2, 0) is 0 Å². The van der Waals surface area contributed by atoms with E-state index in [4.69, 9.17) is 12.2 Å². The number of aromatic nitrogens is 1. The first-order valence-electron chi connectivity index (χ1n) is 8.23. The minimum Gasteiger partial charge on any atom is -0.345 e. The lowest BCUT2D eigenvalue weighted by Crippen LogP contribution is -2.49. The van der Waals surface area contributed by atoms with Crippen LogP contribution < -0.4 is 5.43 Å². The molecule has 1 aliphatic carbocycles. The molecule has 124 valence electrons. The molecule has 1 saturated heterocycles. The Balaban J connectivity index is 1.56. The van der Waals surface area contributed by atoms with Gasteiger partial charge in [0.15, 0.2) is 5.11 Å². The number of thiocarbonyl (C=S) groups is 1. The fraction of sp³-hybridized carbons (Fsp3) is 0.412. The van der Waals surface area contributed by atoms with Crippen molar-refractivity contribution in [1.29, 1.82) is 0 Å². The fourth-order valence-electron chi connectivity index (χ4n) is 3.34. The molecule has 0 bridgehead atoms. The van der Waals surface area contributed by atoms with E-state index < -0.39 is 0 Å². The number of hydrogen-bond acceptors (Lipinski definition) is 5. The maximum absolute atomic E-state index is 5.51. The van der Waals surface area contributed by atoms with Crippen molar-refractivity contribution < 1.29 is 0 Å². The van der Waals surface area contributed by atoms with Crippen molar-refractivity contribution >= 4 is 28.8 Å². The van der Waals surface area contributed by atoms with Crippen molar-refractivity contribution in [3.8, 4) is 0 Å². The smallest absolute Gasteiger partial charge is 0.189 e. The second-order valence-corrected chi connectivity index (χ2v) is 6.68. The van der Waals surface area contributed by atoms with Crippen LogP contribution in [0.1, 0.15) is 23.6 Å². The third-order valence-corrected chi connectivity index (χ3v) is 5.11. The van der Waals surface area contributed by atoms with Gasteiger partial charge in [0.2, 0.25) is 0 Å². The average molecular weight is 340 g/mol. The van der Waals surface area contributed by atoms with E-state index in [9.17, 15) is 0 Å². The van der Waals surface area contributed by atoms with Gasteiger partial charge in [0.1, 0.15) is 5.71 Å². The fourth-order valence-corrected chi connectivity index (χ4v) is 3.57. The van der Waals surface area contributed by atoms with E-state index in [2.05, 4.69) is 49.5 Å². The zero-order valence-corrected chi connectivity index (χ0v) is 14.5. The van der Waals surface area contributed by atoms with Gasteiger partial charge in [-0.05, 0) is 37.3 Å². The first-order chi connectivity index (χ1) is 11.7. The van der Waals surface area contributed by atoms with Gasteiger partial charge in [0.05, 0.1) is 11.4 Å². The Hall–Kier alpha value is -2.12. The number of pyridine rings is 1. The largest absolute Gasteiger partial charge is 0.345 e. The minimum atomic E-state index is 0.261. The summed E-state index contributed by atoms with van der Waals surface area (Å²) in [6.45, 7) is 3.88. The first-order valence-corrected chi connectivity index (χ1v) is 8.64. The molecule has 0 saturated carbocycles. The average Bonchev–Trinajstić information content (AvgIpc) is 2.94. The SMILES string of the molecule is CN1CCN(C(=S)N/N=C2/C3=NC=CCC3c3cccnc32)CC1. The lowest BCUT2D eigenvalue weighted by molar-refractivity contribution is 0.214. The van der Waals surface area contributed by atoms with Crippen molar-refractivity contribution in [3.63, 3.8) is 0 Å². The predicted octanol–water partition coefficient (Wildman–Crippen LogP) is 1.36. The van der Waals surface area contributed by atoms with Gasteiger partial charge >= 0.3 is 0 Å². The summed E-state index contributed by atoms with van der Waals surface area (Å²) < 4.78 is 0. The number of rotatable bonds is 1. The van der Waals surface area contributed by atoms with Crippen molar-refractivity contribution in [3.05, 3.63) is 41.9 Å². The number of hydrazone groups is 1. The first kappa shape index (κ1) is 15.4. The third-order valence-electron chi connectivity index (χ3n) is 4.76. The Morgan fingerprint density at radius 3 is 3.00 bits per heavy atom. The molecule has 4 rings (SSSR count). The number of likely N-dealkylation sites (N-methyl/N-ethyl adjacent to an activating group) is 1. The maximum Gasteiger partial charge on any atom is 0.189 e. The van der Waals surface area contributed by atoms with Crippen LogP contribution >= 0.6 is 12.2 Å². The molecule has 0 spiro atoms. The summed E-state index contributed by atoms with van der Waals surface area (Å²) in [5, 5.41) is 5.26. The third kappa shape index (κ3) is 2.74. The van der Waals surface area contributed by atoms with Crippen molar-refractivity contribution in [2.45, 2.75) is 12.3 Å². The van der Waals surface area contributed by atoms with E-state index in [1.165, 1.54) is 5.56 Å². The van der Waals surface area contributed by atoms with Crippen molar-refractivity contribution in [2.24, 2.45) is 10.1 Å². The van der Waals surface area contributed by atoms with Gasteiger partial charge in [-0.3, -0.25) is 15.4 Å². The van der Waals surface area contributed by atoms with Crippen LogP contribution in [0.25, 0.3) is 0 Å². The summed E-state index contributed by atoms with van der Waals surface area (Å²) in [4.78, 5) is 13.5. The summed E-state index contributed by atoms with van der Waals surface area (Å²) in [6, 6.07) is 4.09. The Morgan fingerprint density at radius 1 is 1.33 bits per heavy atom. The number of piperazine rings is 1. The summed E-state index contributed by atoms with van der Waals surface area (Å²) in [5.74, 6) is 0.261. The zero-order chi connectivity index (χ0) is 16.5. The van der Waals surface area contributed by atoms with Gasteiger partial charge in [-0.2, -0.15) is 5.10 Å². The molecular weight excluding hydrogens is 320 g/mol. The zero-order valence-electron chi connectivity index (χ0n) is 13.6. The van der Waals surface area contributed by atoms with Crippen LogP contribution in [-0.4, -0.2) is 64.5 Å². The van der Waals surface area contributed by atoms with E-state index in [-0.39, 0.29) is 5.92 Å². The molecule has 0 radical (unpaired) electrons. The lowest BCUT2D eigenvalue weighted by Gasteiger charge is -2.33. The van der Waals surface area contributed by atoms with Crippen LogP contribution in [0.4, 0.5) is 0 Å². The Labute approximate surface area is 147 Å². The van der Waals surface area contributed by atoms with Crippen LogP contribution in [0.15, 0.2) is 40.7 Å². The minimum absolute atomic E-state index is 0.261. The molecule has 0 amide bonds. The number of hydrogen-bond donors (Lipinski definition) is 1. The molecule has 1 aromatic heterocycles. The van der Waals surface area contributed by atoms with Gasteiger partial charge in [0.25, 0.3) is 0 Å².